The number of hydrazine groups is 1. The second-order valence-corrected chi connectivity index (χ2v) is 5.15. The van der Waals surface area contributed by atoms with Gasteiger partial charge in [0.2, 0.25) is 5.88 Å². The fourth-order valence-electron chi connectivity index (χ4n) is 2.38. The highest BCUT2D eigenvalue weighted by Crippen LogP contribution is 2.12. The van der Waals surface area contributed by atoms with Crippen LogP contribution in [0.2, 0.25) is 0 Å². The molecule has 112 valence electrons. The smallest absolute Gasteiger partial charge is 0.212 e. The van der Waals surface area contributed by atoms with Gasteiger partial charge in [0.05, 0.1) is 7.11 Å². The van der Waals surface area contributed by atoms with Crippen molar-refractivity contribution in [2.24, 2.45) is 5.84 Å². The van der Waals surface area contributed by atoms with Crippen molar-refractivity contribution >= 4 is 0 Å². The first-order chi connectivity index (χ1) is 10.3. The fraction of sp³-hybridized carbons (Fsp3) is 0.353. The van der Waals surface area contributed by atoms with Crippen molar-refractivity contribution in [3.63, 3.8) is 0 Å². The van der Waals surface area contributed by atoms with Crippen molar-refractivity contribution in [2.75, 3.05) is 7.11 Å². The average Bonchev–Trinajstić information content (AvgIpc) is 2.55. The van der Waals surface area contributed by atoms with E-state index in [2.05, 4.69) is 34.7 Å². The van der Waals surface area contributed by atoms with Crippen LogP contribution in [-0.2, 0) is 12.8 Å². The molecule has 1 aromatic heterocycles. The van der Waals surface area contributed by atoms with Crippen LogP contribution >= 0.6 is 0 Å². The molecule has 4 nitrogen and oxygen atoms in total. The van der Waals surface area contributed by atoms with Crippen molar-refractivity contribution < 1.29 is 4.74 Å². The zero-order valence-corrected chi connectivity index (χ0v) is 12.5. The van der Waals surface area contributed by atoms with Gasteiger partial charge in [-0.1, -0.05) is 36.4 Å². The molecular weight excluding hydrogens is 262 g/mol. The number of methoxy groups -OCH3 is 1. The van der Waals surface area contributed by atoms with Gasteiger partial charge in [0, 0.05) is 18.3 Å². The number of rotatable bonds is 8. The molecule has 0 radical (unpaired) electrons. The van der Waals surface area contributed by atoms with Crippen molar-refractivity contribution in [3.8, 4) is 5.88 Å². The number of nitrogens with two attached hydrogens (primary N) is 1. The highest BCUT2D eigenvalue weighted by Gasteiger charge is 2.08. The summed E-state index contributed by atoms with van der Waals surface area (Å²) >= 11 is 0. The van der Waals surface area contributed by atoms with Crippen LogP contribution in [0.1, 0.15) is 24.0 Å². The van der Waals surface area contributed by atoms with Gasteiger partial charge >= 0.3 is 0 Å². The summed E-state index contributed by atoms with van der Waals surface area (Å²) in [5.74, 6) is 6.30. The van der Waals surface area contributed by atoms with E-state index >= 15 is 0 Å². The maximum absolute atomic E-state index is 5.66. The molecule has 0 bridgehead atoms. The predicted molar refractivity (Wildman–Crippen MR) is 85.0 cm³/mol. The summed E-state index contributed by atoms with van der Waals surface area (Å²) in [7, 11) is 1.62. The molecule has 1 heterocycles. The van der Waals surface area contributed by atoms with E-state index in [-0.39, 0.29) is 6.04 Å². The van der Waals surface area contributed by atoms with E-state index in [1.165, 1.54) is 11.1 Å². The maximum atomic E-state index is 5.66. The lowest BCUT2D eigenvalue weighted by Gasteiger charge is -2.15. The van der Waals surface area contributed by atoms with Crippen LogP contribution < -0.4 is 16.0 Å². The number of nitrogens with zero attached hydrogens (tertiary/aromatic N) is 1. The summed E-state index contributed by atoms with van der Waals surface area (Å²) in [6.45, 7) is 0. The van der Waals surface area contributed by atoms with E-state index in [1.807, 2.05) is 24.4 Å². The molecular formula is C17H23N3O. The molecule has 0 amide bonds. The molecule has 0 spiro atoms. The molecule has 0 saturated carbocycles. The molecule has 0 aliphatic carbocycles. The van der Waals surface area contributed by atoms with Crippen LogP contribution in [0.5, 0.6) is 5.88 Å². The Balaban J connectivity index is 1.79. The Kier molecular flexibility index (Phi) is 6.19. The minimum Gasteiger partial charge on any atom is -0.481 e. The molecule has 0 saturated heterocycles. The van der Waals surface area contributed by atoms with Crippen molar-refractivity contribution in [1.82, 2.24) is 10.4 Å². The second kappa shape index (κ2) is 8.39. The standard InChI is InChI=1S/C17H23N3O/c1-21-17-11-10-15(13-19-17)12-16(20-18)9-5-8-14-6-3-2-4-7-14/h2-4,6-7,10-11,13,16,20H,5,8-9,12,18H2,1H3. The summed E-state index contributed by atoms with van der Waals surface area (Å²) in [6.07, 6.45) is 5.96. The number of nitrogens with one attached hydrogen (secondary N) is 1. The van der Waals surface area contributed by atoms with Crippen LogP contribution in [-0.4, -0.2) is 18.1 Å². The predicted octanol–water partition coefficient (Wildman–Crippen LogP) is 2.49. The van der Waals surface area contributed by atoms with Crippen LogP contribution in [0.25, 0.3) is 0 Å². The highest BCUT2D eigenvalue weighted by atomic mass is 16.5. The Morgan fingerprint density at radius 3 is 2.57 bits per heavy atom. The molecule has 0 aliphatic heterocycles. The Morgan fingerprint density at radius 1 is 1.14 bits per heavy atom. The first kappa shape index (κ1) is 15.5. The van der Waals surface area contributed by atoms with E-state index in [0.29, 0.717) is 5.88 Å². The van der Waals surface area contributed by atoms with Gasteiger partial charge in [-0.05, 0) is 36.8 Å². The minimum atomic E-state index is 0.268. The van der Waals surface area contributed by atoms with Gasteiger partial charge in [-0.15, -0.1) is 0 Å². The van der Waals surface area contributed by atoms with Crippen LogP contribution in [0.4, 0.5) is 0 Å². The molecule has 2 rings (SSSR count). The maximum Gasteiger partial charge on any atom is 0.212 e. The van der Waals surface area contributed by atoms with Crippen molar-refractivity contribution in [2.45, 2.75) is 31.7 Å². The highest BCUT2D eigenvalue weighted by molar-refractivity contribution is 5.18. The van der Waals surface area contributed by atoms with Gasteiger partial charge in [-0.3, -0.25) is 11.3 Å². The topological polar surface area (TPSA) is 60.2 Å². The Morgan fingerprint density at radius 2 is 1.95 bits per heavy atom. The molecule has 21 heavy (non-hydrogen) atoms. The summed E-state index contributed by atoms with van der Waals surface area (Å²) in [4.78, 5) is 4.22. The third kappa shape index (κ3) is 5.17. The third-order valence-corrected chi connectivity index (χ3v) is 3.59. The molecule has 0 aliphatic rings. The number of aryl methyl sites for hydroxylation is 1. The lowest BCUT2D eigenvalue weighted by molar-refractivity contribution is 0.397. The summed E-state index contributed by atoms with van der Waals surface area (Å²) in [5, 5.41) is 0. The molecule has 1 aromatic carbocycles. The van der Waals surface area contributed by atoms with Gasteiger partial charge in [0.1, 0.15) is 0 Å². The normalized spacial score (nSPS) is 12.1. The van der Waals surface area contributed by atoms with Crippen LogP contribution in [0.15, 0.2) is 48.7 Å². The molecule has 1 unspecified atom stereocenters. The zero-order chi connectivity index (χ0) is 14.9. The minimum absolute atomic E-state index is 0.268. The fourth-order valence-corrected chi connectivity index (χ4v) is 2.38. The Bertz CT molecular complexity index is 513. The molecule has 1 atom stereocenters. The van der Waals surface area contributed by atoms with Gasteiger partial charge in [0.25, 0.3) is 0 Å². The number of benzene rings is 1. The van der Waals surface area contributed by atoms with Crippen LogP contribution in [0, 0.1) is 0 Å². The number of hydrogen-bond acceptors (Lipinski definition) is 4. The second-order valence-electron chi connectivity index (χ2n) is 5.15. The number of hydrogen-bond donors (Lipinski definition) is 2. The summed E-state index contributed by atoms with van der Waals surface area (Å²) in [6, 6.07) is 14.7. The van der Waals surface area contributed by atoms with E-state index < -0.39 is 0 Å². The molecule has 0 fully saturated rings. The number of ether oxygens (including phenoxy) is 1. The van der Waals surface area contributed by atoms with E-state index in [9.17, 15) is 0 Å². The average molecular weight is 285 g/mol. The Labute approximate surface area is 126 Å². The van der Waals surface area contributed by atoms with Gasteiger partial charge in [-0.2, -0.15) is 0 Å². The first-order valence-corrected chi connectivity index (χ1v) is 7.31. The number of pyridine rings is 1. The molecule has 3 N–H and O–H groups in total. The third-order valence-electron chi connectivity index (χ3n) is 3.59. The lowest BCUT2D eigenvalue weighted by Crippen LogP contribution is -2.36. The largest absolute Gasteiger partial charge is 0.481 e. The van der Waals surface area contributed by atoms with Gasteiger partial charge in [-0.25, -0.2) is 4.98 Å². The summed E-state index contributed by atoms with van der Waals surface area (Å²) < 4.78 is 5.06. The number of aromatic nitrogens is 1. The quantitative estimate of drug-likeness (QED) is 0.578. The monoisotopic (exact) mass is 285 g/mol. The molecule has 4 heteroatoms. The van der Waals surface area contributed by atoms with Crippen molar-refractivity contribution in [1.29, 1.82) is 0 Å². The van der Waals surface area contributed by atoms with Gasteiger partial charge < -0.3 is 4.74 Å². The van der Waals surface area contributed by atoms with E-state index in [1.54, 1.807) is 7.11 Å². The zero-order valence-electron chi connectivity index (χ0n) is 12.5. The first-order valence-electron chi connectivity index (χ1n) is 7.31. The molecule has 2 aromatic rings. The Hall–Kier alpha value is -1.91. The van der Waals surface area contributed by atoms with Gasteiger partial charge in [0.15, 0.2) is 0 Å². The lowest BCUT2D eigenvalue weighted by atomic mass is 10.0. The summed E-state index contributed by atoms with van der Waals surface area (Å²) in [5.41, 5.74) is 5.45. The van der Waals surface area contributed by atoms with Crippen LogP contribution in [0.3, 0.4) is 0 Å². The van der Waals surface area contributed by atoms with E-state index in [0.717, 1.165) is 25.7 Å². The SMILES string of the molecule is COc1ccc(CC(CCCc2ccccc2)NN)cn1. The van der Waals surface area contributed by atoms with E-state index in [4.69, 9.17) is 10.6 Å². The van der Waals surface area contributed by atoms with Crippen molar-refractivity contribution in [3.05, 3.63) is 59.8 Å².